The van der Waals surface area contributed by atoms with Gasteiger partial charge in [-0.2, -0.15) is 0 Å². The predicted molar refractivity (Wildman–Crippen MR) is 83.2 cm³/mol. The van der Waals surface area contributed by atoms with Crippen molar-refractivity contribution in [1.29, 1.82) is 0 Å². The molecule has 0 aliphatic heterocycles. The molecule has 3 heteroatoms. The van der Waals surface area contributed by atoms with Gasteiger partial charge < -0.3 is 9.84 Å². The van der Waals surface area contributed by atoms with Crippen LogP contribution in [-0.2, 0) is 16.0 Å². The van der Waals surface area contributed by atoms with Gasteiger partial charge in [0.25, 0.3) is 0 Å². The molecule has 1 aliphatic carbocycles. The topological polar surface area (TPSA) is 46.5 Å². The van der Waals surface area contributed by atoms with Crippen molar-refractivity contribution < 1.29 is 14.6 Å². The molecule has 116 valence electrons. The number of aliphatic hydroxyl groups is 1. The van der Waals surface area contributed by atoms with Gasteiger partial charge in [-0.1, -0.05) is 18.2 Å². The van der Waals surface area contributed by atoms with Gasteiger partial charge in [-0.3, -0.25) is 4.79 Å². The standard InChI is InChI=1S/C18H26O3/c1-12(19)13-8-9-16-14(10-13)6-5-7-15(16)11-21-17(20)18(2,3)4/h8-10,12,15,19H,5-7,11H2,1-4H3/t12-,15-/m1/s1. The quantitative estimate of drug-likeness (QED) is 0.862. The summed E-state index contributed by atoms with van der Waals surface area (Å²) in [6.07, 6.45) is 2.76. The van der Waals surface area contributed by atoms with Crippen LogP contribution < -0.4 is 0 Å². The number of hydrogen-bond donors (Lipinski definition) is 1. The maximum atomic E-state index is 11.9. The van der Waals surface area contributed by atoms with E-state index < -0.39 is 11.5 Å². The number of rotatable bonds is 3. The van der Waals surface area contributed by atoms with E-state index in [0.29, 0.717) is 6.61 Å². The van der Waals surface area contributed by atoms with E-state index in [2.05, 4.69) is 12.1 Å². The van der Waals surface area contributed by atoms with Crippen LogP contribution in [0.2, 0.25) is 0 Å². The first kappa shape index (κ1) is 16.0. The van der Waals surface area contributed by atoms with Gasteiger partial charge in [0.1, 0.15) is 0 Å². The van der Waals surface area contributed by atoms with Gasteiger partial charge in [0, 0.05) is 5.92 Å². The van der Waals surface area contributed by atoms with Crippen molar-refractivity contribution in [2.45, 2.75) is 59.0 Å². The summed E-state index contributed by atoms with van der Waals surface area (Å²) < 4.78 is 5.49. The molecule has 21 heavy (non-hydrogen) atoms. The SMILES string of the molecule is C[C@@H](O)c1ccc2c(c1)CCC[C@@H]2COC(=O)C(C)(C)C. The summed E-state index contributed by atoms with van der Waals surface area (Å²) in [5, 5.41) is 9.69. The van der Waals surface area contributed by atoms with Gasteiger partial charge in [-0.15, -0.1) is 0 Å². The highest BCUT2D eigenvalue weighted by molar-refractivity contribution is 5.75. The maximum Gasteiger partial charge on any atom is 0.311 e. The number of aryl methyl sites for hydroxylation is 1. The molecule has 0 radical (unpaired) electrons. The first-order valence-electron chi connectivity index (χ1n) is 7.77. The number of benzene rings is 1. The number of ether oxygens (including phenoxy) is 1. The Balaban J connectivity index is 2.10. The van der Waals surface area contributed by atoms with E-state index in [1.807, 2.05) is 26.8 Å². The Labute approximate surface area is 127 Å². The van der Waals surface area contributed by atoms with Gasteiger partial charge >= 0.3 is 5.97 Å². The number of fused-ring (bicyclic) bond motifs is 1. The van der Waals surface area contributed by atoms with E-state index in [4.69, 9.17) is 4.74 Å². The molecule has 0 spiro atoms. The fourth-order valence-electron chi connectivity index (χ4n) is 2.76. The number of carbonyl (C=O) groups excluding carboxylic acids is 1. The monoisotopic (exact) mass is 290 g/mol. The second kappa shape index (κ2) is 6.18. The van der Waals surface area contributed by atoms with Gasteiger partial charge in [0.05, 0.1) is 18.1 Å². The van der Waals surface area contributed by atoms with Crippen molar-refractivity contribution >= 4 is 5.97 Å². The van der Waals surface area contributed by atoms with Crippen LogP contribution in [0, 0.1) is 5.41 Å². The lowest BCUT2D eigenvalue weighted by molar-refractivity contribution is -0.153. The Morgan fingerprint density at radius 2 is 2.14 bits per heavy atom. The van der Waals surface area contributed by atoms with Gasteiger partial charge in [0.15, 0.2) is 0 Å². The van der Waals surface area contributed by atoms with Crippen molar-refractivity contribution in [1.82, 2.24) is 0 Å². The summed E-state index contributed by atoms with van der Waals surface area (Å²) in [7, 11) is 0. The zero-order valence-electron chi connectivity index (χ0n) is 13.5. The fourth-order valence-corrected chi connectivity index (χ4v) is 2.76. The van der Waals surface area contributed by atoms with Gasteiger partial charge in [-0.25, -0.2) is 0 Å². The van der Waals surface area contributed by atoms with Crippen LogP contribution in [0.15, 0.2) is 18.2 Å². The zero-order valence-corrected chi connectivity index (χ0v) is 13.5. The normalized spacial score (nSPS) is 19.8. The van der Waals surface area contributed by atoms with Crippen molar-refractivity contribution in [3.63, 3.8) is 0 Å². The molecule has 2 atom stereocenters. The Morgan fingerprint density at radius 1 is 1.43 bits per heavy atom. The van der Waals surface area contributed by atoms with Crippen LogP contribution in [0.25, 0.3) is 0 Å². The number of carbonyl (C=O) groups is 1. The lowest BCUT2D eigenvalue weighted by Crippen LogP contribution is -2.26. The Morgan fingerprint density at radius 3 is 2.76 bits per heavy atom. The second-order valence-corrected chi connectivity index (χ2v) is 7.07. The minimum Gasteiger partial charge on any atom is -0.465 e. The third-order valence-electron chi connectivity index (χ3n) is 4.12. The smallest absolute Gasteiger partial charge is 0.311 e. The lowest BCUT2D eigenvalue weighted by atomic mass is 9.82. The molecule has 0 saturated carbocycles. The minimum atomic E-state index is -0.451. The Hall–Kier alpha value is -1.35. The number of aliphatic hydroxyl groups excluding tert-OH is 1. The van der Waals surface area contributed by atoms with Crippen LogP contribution >= 0.6 is 0 Å². The van der Waals surface area contributed by atoms with Crippen molar-refractivity contribution in [3.8, 4) is 0 Å². The molecule has 1 aliphatic rings. The molecule has 1 N–H and O–H groups in total. The highest BCUT2D eigenvalue weighted by Gasteiger charge is 2.26. The highest BCUT2D eigenvalue weighted by Crippen LogP contribution is 2.33. The molecule has 0 amide bonds. The third kappa shape index (κ3) is 3.85. The molecule has 0 aromatic heterocycles. The Kier molecular flexibility index (Phi) is 4.72. The molecule has 0 saturated heterocycles. The summed E-state index contributed by atoms with van der Waals surface area (Å²) >= 11 is 0. The van der Waals surface area contributed by atoms with Gasteiger partial charge in [-0.05, 0) is 63.6 Å². The summed E-state index contributed by atoms with van der Waals surface area (Å²) in [6.45, 7) is 7.86. The average Bonchev–Trinajstić information content (AvgIpc) is 2.42. The van der Waals surface area contributed by atoms with Crippen LogP contribution in [0.1, 0.15) is 69.2 Å². The number of hydrogen-bond acceptors (Lipinski definition) is 3. The molecule has 1 aromatic rings. The molecular weight excluding hydrogens is 264 g/mol. The van der Waals surface area contributed by atoms with Crippen LogP contribution in [0.5, 0.6) is 0 Å². The highest BCUT2D eigenvalue weighted by atomic mass is 16.5. The van der Waals surface area contributed by atoms with E-state index in [1.54, 1.807) is 6.92 Å². The molecule has 1 aromatic carbocycles. The van der Waals surface area contributed by atoms with Crippen LogP contribution in [0.3, 0.4) is 0 Å². The third-order valence-corrected chi connectivity index (χ3v) is 4.12. The summed E-state index contributed by atoms with van der Waals surface area (Å²) in [5.41, 5.74) is 3.07. The molecule has 0 heterocycles. The van der Waals surface area contributed by atoms with Gasteiger partial charge in [0.2, 0.25) is 0 Å². The second-order valence-electron chi connectivity index (χ2n) is 7.07. The van der Waals surface area contributed by atoms with E-state index >= 15 is 0 Å². The number of esters is 1. The molecule has 3 nitrogen and oxygen atoms in total. The molecular formula is C18H26O3. The van der Waals surface area contributed by atoms with Crippen LogP contribution in [-0.4, -0.2) is 17.7 Å². The largest absolute Gasteiger partial charge is 0.465 e. The molecule has 0 unspecified atom stereocenters. The lowest BCUT2D eigenvalue weighted by Gasteiger charge is -2.27. The first-order chi connectivity index (χ1) is 9.79. The van der Waals surface area contributed by atoms with E-state index in [1.165, 1.54) is 11.1 Å². The summed E-state index contributed by atoms with van der Waals surface area (Å²) in [6, 6.07) is 6.16. The summed E-state index contributed by atoms with van der Waals surface area (Å²) in [5.74, 6) is 0.137. The van der Waals surface area contributed by atoms with Crippen LogP contribution in [0.4, 0.5) is 0 Å². The maximum absolute atomic E-state index is 11.9. The van der Waals surface area contributed by atoms with Crippen molar-refractivity contribution in [2.75, 3.05) is 6.61 Å². The van der Waals surface area contributed by atoms with Crippen molar-refractivity contribution in [2.24, 2.45) is 5.41 Å². The molecule has 2 rings (SSSR count). The van der Waals surface area contributed by atoms with E-state index in [9.17, 15) is 9.90 Å². The molecule has 0 fully saturated rings. The van der Waals surface area contributed by atoms with E-state index in [0.717, 1.165) is 24.8 Å². The zero-order chi connectivity index (χ0) is 15.6. The first-order valence-corrected chi connectivity index (χ1v) is 7.77. The fraction of sp³-hybridized carbons (Fsp3) is 0.611. The summed E-state index contributed by atoms with van der Waals surface area (Å²) in [4.78, 5) is 11.9. The average molecular weight is 290 g/mol. The van der Waals surface area contributed by atoms with Crippen molar-refractivity contribution in [3.05, 3.63) is 34.9 Å². The molecule has 0 bridgehead atoms. The van der Waals surface area contributed by atoms with E-state index in [-0.39, 0.29) is 11.9 Å². The Bertz CT molecular complexity index is 512. The minimum absolute atomic E-state index is 0.143. The predicted octanol–water partition coefficient (Wildman–Crippen LogP) is 3.75.